The van der Waals surface area contributed by atoms with Gasteiger partial charge in [-0.25, -0.2) is 0 Å². The van der Waals surface area contributed by atoms with Crippen molar-refractivity contribution in [3.8, 4) is 0 Å². The Kier molecular flexibility index (Phi) is 7.67. The van der Waals surface area contributed by atoms with Gasteiger partial charge in [0, 0.05) is 13.1 Å². The fraction of sp³-hybridized carbons (Fsp3) is 1.00. The van der Waals surface area contributed by atoms with Gasteiger partial charge in [-0.1, -0.05) is 27.7 Å². The molecule has 0 N–H and O–H groups in total. The van der Waals surface area contributed by atoms with Crippen LogP contribution >= 0.6 is 18.5 Å². The first-order valence-electron chi connectivity index (χ1n) is 6.61. The van der Waals surface area contributed by atoms with Gasteiger partial charge in [-0.15, -0.1) is 18.5 Å². The summed E-state index contributed by atoms with van der Waals surface area (Å²) in [6.07, 6.45) is 4.95. The van der Waals surface area contributed by atoms with Gasteiger partial charge >= 0.3 is 0 Å². The number of hydrogen-bond donors (Lipinski definition) is 0. The van der Waals surface area contributed by atoms with Gasteiger partial charge in [0.05, 0.1) is 0 Å². The summed E-state index contributed by atoms with van der Waals surface area (Å²) in [5.41, 5.74) is 0. The van der Waals surface area contributed by atoms with Gasteiger partial charge in [-0.05, 0) is 43.0 Å². The van der Waals surface area contributed by atoms with Crippen LogP contribution in [0.1, 0.15) is 53.4 Å². The lowest BCUT2D eigenvalue weighted by Crippen LogP contribution is -2.42. The molecule has 2 unspecified atom stereocenters. The molecule has 0 aliphatic rings. The molecule has 0 aromatic rings. The van der Waals surface area contributed by atoms with E-state index >= 15 is 0 Å². The van der Waals surface area contributed by atoms with E-state index in [1.807, 2.05) is 0 Å². The zero-order valence-corrected chi connectivity index (χ0v) is 14.2. The summed E-state index contributed by atoms with van der Waals surface area (Å²) < 4.78 is 0. The Morgan fingerprint density at radius 3 is 1.19 bits per heavy atom. The maximum Gasteiger partial charge on any atom is 0.00696 e. The van der Waals surface area contributed by atoms with Gasteiger partial charge in [-0.2, -0.15) is 0 Å². The third-order valence-electron chi connectivity index (χ3n) is 3.99. The average molecular weight is 263 g/mol. The monoisotopic (exact) mass is 263 g/mol. The first-order chi connectivity index (χ1) is 7.34. The minimum absolute atomic E-state index is 0.405. The molecular weight excluding hydrogens is 232 g/mol. The van der Waals surface area contributed by atoms with Crippen LogP contribution in [0.25, 0.3) is 0 Å². The van der Waals surface area contributed by atoms with Crippen LogP contribution in [-0.2, 0) is 0 Å². The van der Waals surface area contributed by atoms with Crippen LogP contribution in [0.5, 0.6) is 0 Å². The number of rotatable bonds is 8. The van der Waals surface area contributed by atoms with Gasteiger partial charge in [-0.3, -0.25) is 0 Å². The molecule has 98 valence electrons. The van der Waals surface area contributed by atoms with E-state index in [1.54, 1.807) is 0 Å². The van der Waals surface area contributed by atoms with Crippen molar-refractivity contribution in [2.24, 2.45) is 0 Å². The minimum atomic E-state index is 0.405. The molecule has 0 heterocycles. The van der Waals surface area contributed by atoms with Crippen LogP contribution < -0.4 is 0 Å². The molecule has 16 heavy (non-hydrogen) atoms. The highest BCUT2D eigenvalue weighted by molar-refractivity contribution is 7.19. The fourth-order valence-corrected chi connectivity index (χ4v) is 2.70. The first-order valence-corrected chi connectivity index (χ1v) is 7.76. The fourth-order valence-electron chi connectivity index (χ4n) is 2.08. The molecule has 0 amide bonds. The van der Waals surface area contributed by atoms with Gasteiger partial charge in [0.25, 0.3) is 0 Å². The summed E-state index contributed by atoms with van der Waals surface area (Å²) in [5.74, 6) is 0. The maximum absolute atomic E-state index is 3.07. The lowest BCUT2D eigenvalue weighted by molar-refractivity contribution is 0.253. The molecule has 1 nitrogen and oxygen atoms in total. The van der Waals surface area contributed by atoms with Crippen molar-refractivity contribution in [1.82, 2.24) is 4.90 Å². The molecule has 0 fully saturated rings. The van der Waals surface area contributed by atoms with E-state index in [9.17, 15) is 0 Å². The second-order valence-corrected chi connectivity index (χ2v) is 7.76. The Labute approximate surface area is 108 Å². The molecule has 0 aliphatic heterocycles. The van der Waals surface area contributed by atoms with Gasteiger partial charge in [0.1, 0.15) is 0 Å². The lowest BCUT2D eigenvalue weighted by atomic mass is 9.98. The van der Waals surface area contributed by atoms with Crippen LogP contribution in [0.2, 0.25) is 0 Å². The van der Waals surface area contributed by atoms with Crippen molar-refractivity contribution < 1.29 is 0 Å². The Bertz CT molecular complexity index is 166. The Morgan fingerprint density at radius 2 is 1.00 bits per heavy atom. The standard InChI is InChI=1S/C13H31NP2/c1-6-12(15,7-2)10-14(5)11-13(16,8-3)9-4/h6-11,15-16H2,1-5H3. The highest BCUT2D eigenvalue weighted by Gasteiger charge is 2.26. The van der Waals surface area contributed by atoms with Gasteiger partial charge in [0.2, 0.25) is 0 Å². The van der Waals surface area contributed by atoms with E-state index < -0.39 is 0 Å². The zero-order valence-electron chi connectivity index (χ0n) is 11.8. The highest BCUT2D eigenvalue weighted by Crippen LogP contribution is 2.31. The summed E-state index contributed by atoms with van der Waals surface area (Å²) in [4.78, 5) is 2.50. The summed E-state index contributed by atoms with van der Waals surface area (Å²) in [7, 11) is 8.39. The normalized spacial score (nSPS) is 13.5. The van der Waals surface area contributed by atoms with Crippen LogP contribution in [0.3, 0.4) is 0 Å². The van der Waals surface area contributed by atoms with Crippen molar-refractivity contribution in [3.63, 3.8) is 0 Å². The summed E-state index contributed by atoms with van der Waals surface area (Å²) in [5, 5.41) is 0.809. The number of hydrogen-bond acceptors (Lipinski definition) is 1. The van der Waals surface area contributed by atoms with E-state index in [4.69, 9.17) is 0 Å². The van der Waals surface area contributed by atoms with Crippen molar-refractivity contribution in [3.05, 3.63) is 0 Å². The van der Waals surface area contributed by atoms with Crippen LogP contribution in [0, 0.1) is 0 Å². The van der Waals surface area contributed by atoms with Crippen LogP contribution in [-0.4, -0.2) is 35.3 Å². The highest BCUT2D eigenvalue weighted by atomic mass is 31.0. The predicted octanol–water partition coefficient (Wildman–Crippen LogP) is 3.79. The maximum atomic E-state index is 3.07. The number of nitrogens with zero attached hydrogens (tertiary/aromatic N) is 1. The van der Waals surface area contributed by atoms with E-state index in [-0.39, 0.29) is 0 Å². The minimum Gasteiger partial charge on any atom is -0.305 e. The van der Waals surface area contributed by atoms with Crippen molar-refractivity contribution in [1.29, 1.82) is 0 Å². The summed E-state index contributed by atoms with van der Waals surface area (Å²) in [6, 6.07) is 0. The molecule has 0 saturated carbocycles. The molecule has 0 aromatic heterocycles. The molecule has 2 atom stereocenters. The Morgan fingerprint density at radius 1 is 0.750 bits per heavy atom. The van der Waals surface area contributed by atoms with Crippen LogP contribution in [0.15, 0.2) is 0 Å². The molecule has 0 aromatic carbocycles. The molecular formula is C13H31NP2. The van der Waals surface area contributed by atoms with E-state index in [2.05, 4.69) is 58.1 Å². The molecule has 0 spiro atoms. The SMILES string of the molecule is CCC(P)(CC)CN(C)CC(P)(CC)CC. The van der Waals surface area contributed by atoms with E-state index in [1.165, 1.54) is 38.8 Å². The van der Waals surface area contributed by atoms with E-state index in [0.717, 1.165) is 0 Å². The molecule has 0 rings (SSSR count). The molecule has 0 bridgehead atoms. The largest absolute Gasteiger partial charge is 0.305 e. The summed E-state index contributed by atoms with van der Waals surface area (Å²) >= 11 is 0. The Balaban J connectivity index is 4.31. The first kappa shape index (κ1) is 16.8. The van der Waals surface area contributed by atoms with Gasteiger partial charge < -0.3 is 4.90 Å². The lowest BCUT2D eigenvalue weighted by Gasteiger charge is -2.37. The second-order valence-electron chi connectivity index (χ2n) is 5.31. The van der Waals surface area contributed by atoms with Crippen molar-refractivity contribution in [2.75, 3.05) is 20.1 Å². The quantitative estimate of drug-likeness (QED) is 0.602. The third kappa shape index (κ3) is 5.44. The second kappa shape index (κ2) is 7.30. The molecule has 3 heteroatoms. The summed E-state index contributed by atoms with van der Waals surface area (Å²) in [6.45, 7) is 11.5. The van der Waals surface area contributed by atoms with Crippen LogP contribution in [0.4, 0.5) is 0 Å². The van der Waals surface area contributed by atoms with Crippen molar-refractivity contribution in [2.45, 2.75) is 63.7 Å². The zero-order chi connectivity index (χ0) is 12.8. The van der Waals surface area contributed by atoms with E-state index in [0.29, 0.717) is 10.3 Å². The van der Waals surface area contributed by atoms with Crippen molar-refractivity contribution >= 4 is 18.5 Å². The molecule has 0 aliphatic carbocycles. The average Bonchev–Trinajstić information content (AvgIpc) is 2.28. The molecule has 0 radical (unpaired) electrons. The third-order valence-corrected chi connectivity index (χ3v) is 5.98. The Hall–Kier alpha value is 0.820. The molecule has 0 saturated heterocycles. The van der Waals surface area contributed by atoms with Gasteiger partial charge in [0.15, 0.2) is 0 Å². The smallest absolute Gasteiger partial charge is 0.00696 e. The topological polar surface area (TPSA) is 3.24 Å². The predicted molar refractivity (Wildman–Crippen MR) is 83.5 cm³/mol.